The average molecular weight is 410 g/mol. The van der Waals surface area contributed by atoms with Crippen molar-refractivity contribution in [2.75, 3.05) is 5.32 Å². The van der Waals surface area contributed by atoms with Crippen molar-refractivity contribution in [3.8, 4) is 0 Å². The number of nitrogens with one attached hydrogen (secondary N) is 2. The maximum Gasteiger partial charge on any atom is 0.332 e. The van der Waals surface area contributed by atoms with Crippen molar-refractivity contribution < 1.29 is 13.4 Å². The maximum atomic E-state index is 13.2. The van der Waals surface area contributed by atoms with Crippen molar-refractivity contribution in [1.82, 2.24) is 4.72 Å². The van der Waals surface area contributed by atoms with Crippen LogP contribution in [0.15, 0.2) is 39.0 Å². The van der Waals surface area contributed by atoms with Crippen LogP contribution in [0.2, 0.25) is 0 Å². The van der Waals surface area contributed by atoms with Crippen LogP contribution in [0.4, 0.5) is 10.5 Å². The number of hydrogen-bond donors (Lipinski definition) is 2. The molecule has 0 fully saturated rings. The molecule has 0 radical (unpaired) electrons. The van der Waals surface area contributed by atoms with Gasteiger partial charge >= 0.3 is 6.03 Å². The molecule has 1 aromatic heterocycles. The van der Waals surface area contributed by atoms with Gasteiger partial charge in [-0.3, -0.25) is 0 Å². The number of carbonyl (C=O) groups is 1. The fraction of sp³-hybridized carbons (Fsp3) is 0.333. The van der Waals surface area contributed by atoms with Gasteiger partial charge in [-0.15, -0.1) is 4.95 Å². The first-order valence-corrected chi connectivity index (χ1v) is 11.1. The molecule has 0 aliphatic heterocycles. The number of amides is 2. The first kappa shape index (κ1) is 19.3. The van der Waals surface area contributed by atoms with Crippen LogP contribution in [-0.2, 0) is 35.6 Å². The number of fused-ring (bicyclic) bond motifs is 2. The van der Waals surface area contributed by atoms with E-state index in [0.29, 0.717) is 11.1 Å². The van der Waals surface area contributed by atoms with Gasteiger partial charge in [0.15, 0.2) is 4.47 Å². The van der Waals surface area contributed by atoms with Crippen molar-refractivity contribution in [3.63, 3.8) is 0 Å². The molecule has 0 saturated carbocycles. The summed E-state index contributed by atoms with van der Waals surface area (Å²) in [5, 5.41) is 2.83. The van der Waals surface area contributed by atoms with Gasteiger partial charge in [-0.1, -0.05) is 12.6 Å². The normalized spacial score (nSPS) is 16.3. The monoisotopic (exact) mass is 410 g/mol. The third kappa shape index (κ3) is 3.54. The van der Waals surface area contributed by atoms with Crippen LogP contribution in [0, 0.1) is 6.57 Å². The number of allylic oxidation sites excluding steroid dienone is 1. The van der Waals surface area contributed by atoms with Gasteiger partial charge in [-0.25, -0.2) is 13.7 Å². The van der Waals surface area contributed by atoms with Crippen LogP contribution in [0.3, 0.4) is 0 Å². The molecule has 1 aromatic carbocycles. The predicted octanol–water partition coefficient (Wildman–Crippen LogP) is 4.69. The summed E-state index contributed by atoms with van der Waals surface area (Å²) >= 11 is 0. The van der Waals surface area contributed by atoms with E-state index >= 15 is 0 Å². The van der Waals surface area contributed by atoms with E-state index in [1.54, 1.807) is 6.92 Å². The van der Waals surface area contributed by atoms with Crippen molar-refractivity contribution in [1.29, 1.82) is 0 Å². The highest BCUT2D eigenvalue weighted by atomic mass is 32.2. The molecule has 4 rings (SSSR count). The fourth-order valence-corrected chi connectivity index (χ4v) is 5.19. The molecule has 0 saturated heterocycles. The lowest BCUT2D eigenvalue weighted by Crippen LogP contribution is -2.34. The quantitative estimate of drug-likeness (QED) is 0.566. The molecule has 1 heterocycles. The minimum atomic E-state index is -3.58. The highest BCUT2D eigenvalue weighted by Crippen LogP contribution is 2.38. The minimum absolute atomic E-state index is 0.0785. The van der Waals surface area contributed by atoms with Gasteiger partial charge in [0, 0.05) is 17.3 Å². The molecule has 8 heteroatoms. The molecule has 2 aliphatic carbocycles. The van der Waals surface area contributed by atoms with Gasteiger partial charge in [0.1, 0.15) is 0 Å². The van der Waals surface area contributed by atoms with Crippen molar-refractivity contribution >= 4 is 27.2 Å². The van der Waals surface area contributed by atoms with E-state index in [4.69, 9.17) is 11.0 Å². The van der Waals surface area contributed by atoms with Crippen molar-refractivity contribution in [2.45, 2.75) is 50.5 Å². The van der Waals surface area contributed by atoms with Crippen molar-refractivity contribution in [2.24, 2.45) is 4.47 Å². The zero-order valence-corrected chi connectivity index (χ0v) is 17.0. The van der Waals surface area contributed by atoms with Crippen LogP contribution in [-0.4, -0.2) is 10.2 Å². The lowest BCUT2D eigenvalue weighted by Gasteiger charge is -2.16. The number of carbonyl (C=O) groups excluding carboxylic acids is 1. The predicted molar refractivity (Wildman–Crippen MR) is 112 cm³/mol. The molecule has 150 valence electrons. The number of aryl methyl sites for hydroxylation is 2. The van der Waals surface area contributed by atoms with Gasteiger partial charge in [0.05, 0.1) is 6.26 Å². The molecule has 2 aromatic rings. The zero-order valence-electron chi connectivity index (χ0n) is 16.2. The molecule has 29 heavy (non-hydrogen) atoms. The number of anilines is 1. The third-order valence-electron chi connectivity index (χ3n) is 5.44. The molecule has 0 spiro atoms. The molecule has 7 nitrogen and oxygen atoms in total. The lowest BCUT2D eigenvalue weighted by atomic mass is 9.99. The molecule has 1 unspecified atom stereocenters. The van der Waals surface area contributed by atoms with E-state index in [2.05, 4.69) is 32.1 Å². The largest absolute Gasteiger partial charge is 0.452 e. The maximum absolute atomic E-state index is 13.2. The van der Waals surface area contributed by atoms with Crippen LogP contribution >= 0.6 is 0 Å². The summed E-state index contributed by atoms with van der Waals surface area (Å²) in [5.41, 5.74) is 7.07. The number of rotatable bonds is 4. The second kappa shape index (κ2) is 7.41. The Labute approximate surface area is 170 Å². The van der Waals surface area contributed by atoms with Crippen LogP contribution in [0.5, 0.6) is 0 Å². The van der Waals surface area contributed by atoms with Gasteiger partial charge in [-0.2, -0.15) is 6.57 Å². The molecular formula is C21H22N4O3S. The number of benzene rings is 1. The van der Waals surface area contributed by atoms with Crippen LogP contribution in [0.1, 0.15) is 47.6 Å². The fourth-order valence-electron chi connectivity index (χ4n) is 4.09. The van der Waals surface area contributed by atoms with E-state index < -0.39 is 15.9 Å². The summed E-state index contributed by atoms with van der Waals surface area (Å²) in [5.74, 6) is 0. The third-order valence-corrected chi connectivity index (χ3v) is 6.97. The minimum Gasteiger partial charge on any atom is -0.452 e. The highest BCUT2D eigenvalue weighted by molar-refractivity contribution is 7.92. The molecule has 2 N–H and O–H groups in total. The number of furan rings is 1. The molecule has 0 bridgehead atoms. The summed E-state index contributed by atoms with van der Waals surface area (Å²) < 4.78 is 24.4. The highest BCUT2D eigenvalue weighted by Gasteiger charge is 2.28. The second-order valence-corrected chi connectivity index (χ2v) is 9.25. The van der Waals surface area contributed by atoms with E-state index in [1.807, 2.05) is 0 Å². The van der Waals surface area contributed by atoms with Gasteiger partial charge in [0.2, 0.25) is 5.09 Å². The standard InChI is InChI=1S/C21H22N4O3S/c1-13(2)16-11-19(28-12-16)29(27,25-22-3)24-21(26)23-20-17-8-4-6-14(17)10-15-7-5-9-18(15)20/h10-12H,1,4-9H2,2H3,(H2,23,24,25,26,27). The molecular weight excluding hydrogens is 388 g/mol. The van der Waals surface area contributed by atoms with E-state index in [1.165, 1.54) is 23.5 Å². The Morgan fingerprint density at radius 2 is 1.86 bits per heavy atom. The Kier molecular flexibility index (Phi) is 4.92. The SMILES string of the molecule is [C-]#[N+]N=S(=O)(NC(=O)Nc1c2c(cc3c1CCC3)CCC2)c1cc(C(=C)C)co1. The van der Waals surface area contributed by atoms with E-state index in [0.717, 1.165) is 55.3 Å². The number of hydrogen-bond acceptors (Lipinski definition) is 4. The summed E-state index contributed by atoms with van der Waals surface area (Å²) in [6, 6.07) is 3.09. The van der Waals surface area contributed by atoms with Gasteiger partial charge in [-0.05, 0) is 73.3 Å². The molecule has 2 amide bonds. The molecule has 1 atom stereocenters. The lowest BCUT2D eigenvalue weighted by molar-refractivity contribution is 0.256. The number of urea groups is 1. The zero-order chi connectivity index (χ0) is 20.6. The smallest absolute Gasteiger partial charge is 0.332 e. The first-order chi connectivity index (χ1) is 13.9. The Morgan fingerprint density at radius 3 is 2.41 bits per heavy atom. The summed E-state index contributed by atoms with van der Waals surface area (Å²) in [4.78, 5) is 15.7. The van der Waals surface area contributed by atoms with E-state index in [-0.39, 0.29) is 5.09 Å². The Bertz CT molecular complexity index is 1150. The Hall–Kier alpha value is -3.05. The topological polar surface area (TPSA) is 88.1 Å². The average Bonchev–Trinajstić information content (AvgIpc) is 3.41. The Morgan fingerprint density at radius 1 is 1.21 bits per heavy atom. The summed E-state index contributed by atoms with van der Waals surface area (Å²) in [7, 11) is -3.58. The Balaban J connectivity index is 1.64. The van der Waals surface area contributed by atoms with Gasteiger partial charge in [0.25, 0.3) is 9.92 Å². The first-order valence-electron chi connectivity index (χ1n) is 9.54. The summed E-state index contributed by atoms with van der Waals surface area (Å²) in [6.45, 7) is 12.6. The molecule has 2 aliphatic rings. The second-order valence-electron chi connectivity index (χ2n) is 7.43. The van der Waals surface area contributed by atoms with Crippen molar-refractivity contribution in [3.05, 3.63) is 64.3 Å². The van der Waals surface area contributed by atoms with Crippen LogP contribution < -0.4 is 10.0 Å². The van der Waals surface area contributed by atoms with Gasteiger partial charge < -0.3 is 9.73 Å². The van der Waals surface area contributed by atoms with E-state index in [9.17, 15) is 9.00 Å². The van der Waals surface area contributed by atoms with Crippen LogP contribution in [0.25, 0.3) is 10.5 Å². The number of nitrogens with zero attached hydrogens (tertiary/aromatic N) is 2. The summed E-state index contributed by atoms with van der Waals surface area (Å²) in [6.07, 6.45) is 7.37.